The van der Waals surface area contributed by atoms with Crippen LogP contribution < -0.4 is 5.32 Å². The summed E-state index contributed by atoms with van der Waals surface area (Å²) in [6.45, 7) is -1.13. The van der Waals surface area contributed by atoms with E-state index in [9.17, 15) is 13.2 Å². The van der Waals surface area contributed by atoms with Crippen LogP contribution in [0.2, 0.25) is 0 Å². The fraction of sp³-hybridized carbons (Fsp3) is 1.00. The molecule has 6 heteroatoms. The Morgan fingerprint density at radius 1 is 1.50 bits per heavy atom. The number of hydrogen-bond acceptors (Lipinski definition) is 3. The third-order valence-corrected chi connectivity index (χ3v) is 0.972. The fourth-order valence-corrected chi connectivity index (χ4v) is 0.470. The van der Waals surface area contributed by atoms with E-state index in [1.807, 2.05) is 5.32 Å². The van der Waals surface area contributed by atoms with Crippen molar-refractivity contribution in [2.75, 3.05) is 6.54 Å². The standard InChI is InChI=1S/C4H6F3NO2/c5-4(6,7)1-8-2-3(9)10-2/h2-3,8-9H,1H2. The van der Waals surface area contributed by atoms with Gasteiger partial charge in [-0.05, 0) is 0 Å². The highest BCUT2D eigenvalue weighted by atomic mass is 19.4. The predicted octanol–water partition coefficient (Wildman–Crippen LogP) is -0.187. The second kappa shape index (κ2) is 2.37. The van der Waals surface area contributed by atoms with Crippen LogP contribution in [0.1, 0.15) is 0 Å². The van der Waals surface area contributed by atoms with Gasteiger partial charge in [0.25, 0.3) is 0 Å². The van der Waals surface area contributed by atoms with E-state index < -0.39 is 25.2 Å². The second-order valence-electron chi connectivity index (χ2n) is 1.94. The van der Waals surface area contributed by atoms with E-state index in [1.54, 1.807) is 0 Å². The summed E-state index contributed by atoms with van der Waals surface area (Å²) in [7, 11) is 0. The van der Waals surface area contributed by atoms with E-state index in [1.165, 1.54) is 0 Å². The largest absolute Gasteiger partial charge is 0.401 e. The Labute approximate surface area is 54.8 Å². The topological polar surface area (TPSA) is 44.8 Å². The molecule has 10 heavy (non-hydrogen) atoms. The van der Waals surface area contributed by atoms with Crippen LogP contribution in [0.15, 0.2) is 0 Å². The number of rotatable bonds is 2. The Morgan fingerprint density at radius 3 is 2.30 bits per heavy atom. The van der Waals surface area contributed by atoms with E-state index in [-0.39, 0.29) is 0 Å². The van der Waals surface area contributed by atoms with E-state index in [2.05, 4.69) is 4.74 Å². The molecule has 1 aliphatic heterocycles. The molecule has 0 spiro atoms. The lowest BCUT2D eigenvalue weighted by atomic mass is 10.6. The van der Waals surface area contributed by atoms with Crippen molar-refractivity contribution in [3.8, 4) is 0 Å². The highest BCUT2D eigenvalue weighted by molar-refractivity contribution is 4.73. The minimum atomic E-state index is -4.24. The Bertz CT molecular complexity index is 126. The molecule has 1 rings (SSSR count). The number of alkyl halides is 3. The van der Waals surface area contributed by atoms with Crippen LogP contribution in [0.25, 0.3) is 0 Å². The normalized spacial score (nSPS) is 32.4. The maximum Gasteiger partial charge on any atom is 0.401 e. The molecular formula is C4H6F3NO2. The van der Waals surface area contributed by atoms with Crippen LogP contribution >= 0.6 is 0 Å². The molecule has 0 aromatic carbocycles. The first-order valence-electron chi connectivity index (χ1n) is 2.63. The van der Waals surface area contributed by atoms with Crippen molar-refractivity contribution in [1.82, 2.24) is 5.32 Å². The Balaban J connectivity index is 2.06. The summed E-state index contributed by atoms with van der Waals surface area (Å²) < 4.78 is 38.4. The molecule has 1 aliphatic rings. The summed E-state index contributed by atoms with van der Waals surface area (Å²) in [4.78, 5) is 0. The van der Waals surface area contributed by atoms with Crippen LogP contribution in [0, 0.1) is 0 Å². The zero-order chi connectivity index (χ0) is 7.78. The van der Waals surface area contributed by atoms with Crippen molar-refractivity contribution < 1.29 is 23.0 Å². The molecule has 0 aliphatic carbocycles. The van der Waals surface area contributed by atoms with Crippen LogP contribution in [-0.4, -0.2) is 30.3 Å². The lowest BCUT2D eigenvalue weighted by molar-refractivity contribution is -0.126. The van der Waals surface area contributed by atoms with Gasteiger partial charge in [-0.3, -0.25) is 5.32 Å². The third kappa shape index (κ3) is 2.51. The Morgan fingerprint density at radius 2 is 2.00 bits per heavy atom. The molecule has 1 fully saturated rings. The van der Waals surface area contributed by atoms with Crippen molar-refractivity contribution >= 4 is 0 Å². The number of aliphatic hydroxyl groups is 1. The molecule has 2 atom stereocenters. The summed E-state index contributed by atoms with van der Waals surface area (Å²) in [6.07, 6.45) is -6.14. The van der Waals surface area contributed by atoms with Gasteiger partial charge >= 0.3 is 6.18 Å². The Hall–Kier alpha value is -0.330. The molecule has 1 heterocycles. The van der Waals surface area contributed by atoms with E-state index in [0.29, 0.717) is 0 Å². The molecule has 60 valence electrons. The van der Waals surface area contributed by atoms with Gasteiger partial charge in [-0.25, -0.2) is 0 Å². The minimum absolute atomic E-state index is 0.832. The van der Waals surface area contributed by atoms with Gasteiger partial charge < -0.3 is 9.84 Å². The van der Waals surface area contributed by atoms with Crippen molar-refractivity contribution in [2.24, 2.45) is 0 Å². The summed E-state index contributed by atoms with van der Waals surface area (Å²) in [6, 6.07) is 0. The van der Waals surface area contributed by atoms with Crippen molar-refractivity contribution in [3.63, 3.8) is 0 Å². The first-order valence-corrected chi connectivity index (χ1v) is 2.63. The SMILES string of the molecule is OC1OC1NCC(F)(F)F. The molecule has 0 saturated carbocycles. The average Bonchev–Trinajstić information content (AvgIpc) is 2.40. The van der Waals surface area contributed by atoms with E-state index >= 15 is 0 Å². The molecule has 0 aromatic heterocycles. The molecule has 2 N–H and O–H groups in total. The van der Waals surface area contributed by atoms with Gasteiger partial charge in [-0.1, -0.05) is 0 Å². The van der Waals surface area contributed by atoms with Crippen molar-refractivity contribution in [3.05, 3.63) is 0 Å². The van der Waals surface area contributed by atoms with Gasteiger partial charge in [0, 0.05) is 0 Å². The number of halogens is 3. The summed E-state index contributed by atoms with van der Waals surface area (Å²) in [5.41, 5.74) is 0. The molecular weight excluding hydrogens is 151 g/mol. The third-order valence-electron chi connectivity index (χ3n) is 0.972. The Kier molecular flexibility index (Phi) is 1.84. The number of nitrogens with one attached hydrogen (secondary N) is 1. The number of aliphatic hydroxyl groups excluding tert-OH is 1. The van der Waals surface area contributed by atoms with E-state index in [0.717, 1.165) is 0 Å². The van der Waals surface area contributed by atoms with Gasteiger partial charge in [0.15, 0.2) is 12.5 Å². The van der Waals surface area contributed by atoms with Crippen LogP contribution in [0.5, 0.6) is 0 Å². The average molecular weight is 157 g/mol. The number of epoxide rings is 1. The lowest BCUT2D eigenvalue weighted by Gasteiger charge is -2.04. The molecule has 3 nitrogen and oxygen atoms in total. The molecule has 0 aromatic rings. The predicted molar refractivity (Wildman–Crippen MR) is 24.9 cm³/mol. The van der Waals surface area contributed by atoms with Gasteiger partial charge in [-0.15, -0.1) is 0 Å². The van der Waals surface area contributed by atoms with Crippen LogP contribution in [-0.2, 0) is 4.74 Å². The molecule has 0 bridgehead atoms. The first kappa shape index (κ1) is 7.77. The van der Waals surface area contributed by atoms with E-state index in [4.69, 9.17) is 5.11 Å². The number of hydrogen-bond donors (Lipinski definition) is 2. The van der Waals surface area contributed by atoms with Gasteiger partial charge in [0.05, 0.1) is 6.54 Å². The number of ether oxygens (including phenoxy) is 1. The maximum absolute atomic E-state index is 11.4. The monoisotopic (exact) mass is 157 g/mol. The molecule has 1 saturated heterocycles. The smallest absolute Gasteiger partial charge is 0.365 e. The molecule has 0 amide bonds. The molecule has 0 radical (unpaired) electrons. The van der Waals surface area contributed by atoms with Gasteiger partial charge in [0.2, 0.25) is 0 Å². The van der Waals surface area contributed by atoms with Crippen molar-refractivity contribution in [1.29, 1.82) is 0 Å². The van der Waals surface area contributed by atoms with Crippen LogP contribution in [0.4, 0.5) is 13.2 Å². The van der Waals surface area contributed by atoms with Gasteiger partial charge in [0.1, 0.15) is 0 Å². The quantitative estimate of drug-likeness (QED) is 0.546. The lowest BCUT2D eigenvalue weighted by Crippen LogP contribution is -2.31. The van der Waals surface area contributed by atoms with Gasteiger partial charge in [-0.2, -0.15) is 13.2 Å². The highest BCUT2D eigenvalue weighted by Gasteiger charge is 2.39. The van der Waals surface area contributed by atoms with Crippen LogP contribution in [0.3, 0.4) is 0 Å². The second-order valence-corrected chi connectivity index (χ2v) is 1.94. The summed E-state index contributed by atoms with van der Waals surface area (Å²) in [5, 5.41) is 10.3. The minimum Gasteiger partial charge on any atom is -0.365 e. The fourth-order valence-electron chi connectivity index (χ4n) is 0.470. The maximum atomic E-state index is 11.4. The summed E-state index contributed by atoms with van der Waals surface area (Å²) >= 11 is 0. The molecule has 2 unspecified atom stereocenters. The highest BCUT2D eigenvalue weighted by Crippen LogP contribution is 2.18. The first-order chi connectivity index (χ1) is 4.49. The summed E-state index contributed by atoms with van der Waals surface area (Å²) in [5.74, 6) is 0. The zero-order valence-electron chi connectivity index (χ0n) is 4.85. The zero-order valence-corrected chi connectivity index (χ0v) is 4.85. The van der Waals surface area contributed by atoms with Crippen molar-refractivity contribution in [2.45, 2.75) is 18.7 Å².